The molecule has 2 aliphatic rings. The fourth-order valence-corrected chi connectivity index (χ4v) is 11.5. The van der Waals surface area contributed by atoms with Crippen molar-refractivity contribution in [3.8, 4) is 50.7 Å². The predicted octanol–water partition coefficient (Wildman–Crippen LogP) is 18.2. The zero-order chi connectivity index (χ0) is 51.2. The van der Waals surface area contributed by atoms with Gasteiger partial charge in [-0.25, -0.2) is 4.98 Å². The van der Waals surface area contributed by atoms with Crippen LogP contribution >= 0.6 is 0 Å². The molecule has 0 fully saturated rings. The number of aromatic nitrogens is 2. The van der Waals surface area contributed by atoms with Crippen molar-refractivity contribution in [2.24, 2.45) is 0 Å². The van der Waals surface area contributed by atoms with Crippen molar-refractivity contribution in [3.63, 3.8) is 0 Å². The smallest absolute Gasteiger partial charge is 0.135 e. The van der Waals surface area contributed by atoms with E-state index in [9.17, 15) is 0 Å². The average molecular weight is 1170 g/mol. The minimum Gasteiger partial charge on any atom is -0.509 e. The van der Waals surface area contributed by atoms with Crippen LogP contribution < -0.4 is 14.5 Å². The van der Waals surface area contributed by atoms with Gasteiger partial charge in [0.2, 0.25) is 0 Å². The summed E-state index contributed by atoms with van der Waals surface area (Å²) in [4.78, 5) is 9.72. The Morgan fingerprint density at radius 1 is 0.500 bits per heavy atom. The zero-order valence-corrected chi connectivity index (χ0v) is 46.1. The van der Waals surface area contributed by atoms with E-state index in [4.69, 9.17) is 9.72 Å². The number of rotatable bonds is 8. The largest absolute Gasteiger partial charge is 0.509 e. The van der Waals surface area contributed by atoms with Gasteiger partial charge in [-0.15, -0.1) is 48.1 Å². The molecule has 1 aliphatic carbocycles. The average Bonchev–Trinajstić information content (AvgIpc) is 4.07. The number of nitrogens with zero attached hydrogens (tertiary/aromatic N) is 4. The number of anilines is 4. The number of hydrogen-bond donors (Lipinski definition) is 0. The molecule has 0 amide bonds. The molecule has 0 bridgehead atoms. The zero-order valence-electron chi connectivity index (χ0n) is 43.8. The summed E-state index contributed by atoms with van der Waals surface area (Å²) < 4.78 is 9.13. The van der Waals surface area contributed by atoms with Gasteiger partial charge in [-0.05, 0) is 116 Å². The van der Waals surface area contributed by atoms with E-state index >= 15 is 0 Å². The molecule has 0 atom stereocenters. The second kappa shape index (κ2) is 18.7. The summed E-state index contributed by atoms with van der Waals surface area (Å²) in [5.74, 6) is 2.00. The summed E-state index contributed by atoms with van der Waals surface area (Å²) in [6.45, 7) is 18.2. The van der Waals surface area contributed by atoms with E-state index in [1.807, 2.05) is 24.4 Å². The monoisotopic (exact) mass is 1160 g/mol. The van der Waals surface area contributed by atoms with Crippen LogP contribution in [-0.4, -0.2) is 9.55 Å². The number of ether oxygens (including phenoxy) is 1. The maximum absolute atomic E-state index is 6.85. The van der Waals surface area contributed by atoms with Crippen LogP contribution in [-0.2, 0) is 37.3 Å². The summed E-state index contributed by atoms with van der Waals surface area (Å²) in [5.41, 5.74) is 19.0. The van der Waals surface area contributed by atoms with Crippen molar-refractivity contribution >= 4 is 44.6 Å². The fraction of sp³-hybridized carbons (Fsp3) is 0.143. The first-order chi connectivity index (χ1) is 36.3. The van der Waals surface area contributed by atoms with Crippen LogP contribution in [0.2, 0.25) is 0 Å². The Labute approximate surface area is 461 Å². The Bertz CT molecular complexity index is 3910. The number of fused-ring (bicyclic) bond motifs is 7. The van der Waals surface area contributed by atoms with Crippen LogP contribution in [0.3, 0.4) is 0 Å². The topological polar surface area (TPSA) is 33.5 Å². The van der Waals surface area contributed by atoms with Crippen molar-refractivity contribution < 1.29 is 25.8 Å². The van der Waals surface area contributed by atoms with Crippen molar-refractivity contribution in [1.29, 1.82) is 0 Å². The number of para-hydroxylation sites is 2. The van der Waals surface area contributed by atoms with Gasteiger partial charge in [-0.2, -0.15) is 12.1 Å². The van der Waals surface area contributed by atoms with E-state index < -0.39 is 0 Å². The molecule has 0 N–H and O–H groups in total. The van der Waals surface area contributed by atoms with Crippen molar-refractivity contribution in [2.75, 3.05) is 9.80 Å². The quantitative estimate of drug-likeness (QED) is 0.142. The Hall–Kier alpha value is -7.98. The summed E-state index contributed by atoms with van der Waals surface area (Å²) in [6, 6.07) is 81.6. The first-order valence-electron chi connectivity index (χ1n) is 26.0. The van der Waals surface area contributed by atoms with Crippen LogP contribution in [0.25, 0.3) is 61.0 Å². The molecule has 0 spiro atoms. The minimum absolute atomic E-state index is 0. The fourth-order valence-electron chi connectivity index (χ4n) is 11.5. The van der Waals surface area contributed by atoms with Gasteiger partial charge in [0.25, 0.3) is 0 Å². The summed E-state index contributed by atoms with van der Waals surface area (Å²) in [5, 5.41) is 2.21. The van der Waals surface area contributed by atoms with Crippen molar-refractivity contribution in [3.05, 3.63) is 259 Å². The molecular weight excluding hydrogens is 1110 g/mol. The Morgan fingerprint density at radius 3 is 1.70 bits per heavy atom. The molecule has 0 saturated heterocycles. The van der Waals surface area contributed by atoms with Gasteiger partial charge in [-0.3, -0.25) is 0 Å². The molecule has 76 heavy (non-hydrogen) atoms. The van der Waals surface area contributed by atoms with Crippen LogP contribution in [0, 0.1) is 18.8 Å². The van der Waals surface area contributed by atoms with Crippen molar-refractivity contribution in [1.82, 2.24) is 9.55 Å². The van der Waals surface area contributed by atoms with E-state index in [0.29, 0.717) is 11.5 Å². The van der Waals surface area contributed by atoms with E-state index in [0.717, 1.165) is 61.5 Å². The standard InChI is InChI=1S/C70H57N4O.Pt/c1-68(2,3)48-33-35-56-57-36-34-53(44-65(57)74(64(56)41-48)66-42-49(37-38-71-66)70(7)60-29-16-14-27-54(60)55-28-15-17-30-61(55)70)75-52-26-20-25-51(43-52)72-45-73(63-32-19-18-31-62(63)72)67-58(46-21-10-8-11-22-46)39-50(69(4,5)6)40-59(67)47-23-12-9-13-24-47;/h8-42,45H,1-7H3;/q-3;. The molecule has 3 heterocycles. The molecule has 2 aromatic heterocycles. The molecule has 1 aliphatic heterocycles. The predicted molar refractivity (Wildman–Crippen MR) is 310 cm³/mol. The van der Waals surface area contributed by atoms with Gasteiger partial charge in [0, 0.05) is 77.9 Å². The number of hydrogen-bond acceptors (Lipinski definition) is 4. The Kier molecular flexibility index (Phi) is 12.0. The summed E-state index contributed by atoms with van der Waals surface area (Å²) in [7, 11) is 0. The van der Waals surface area contributed by atoms with Gasteiger partial charge in [0.1, 0.15) is 5.82 Å². The third kappa shape index (κ3) is 8.15. The number of benzene rings is 9. The van der Waals surface area contributed by atoms with E-state index in [-0.39, 0.29) is 37.3 Å². The SMILES string of the molecule is CC(C)(C)c1cc(-c2ccccc2)c(N2[CH-]N(c3[c-]c(Oc4[c-]c5c(cc4)c4ccc(C(C)(C)C)cc4n5-c4cc(C5(C)c6ccccc6-c6ccccc65)ccn4)ccc3)c3ccccc32)c(-c2ccccc2)c1.[Pt]. The van der Waals surface area contributed by atoms with Gasteiger partial charge < -0.3 is 19.1 Å². The van der Waals surface area contributed by atoms with Crippen LogP contribution in [0.15, 0.2) is 212 Å². The molecule has 9 aromatic carbocycles. The van der Waals surface area contributed by atoms with E-state index in [2.05, 4.69) is 270 Å². The van der Waals surface area contributed by atoms with Gasteiger partial charge in [-0.1, -0.05) is 181 Å². The van der Waals surface area contributed by atoms with Crippen molar-refractivity contribution in [2.45, 2.75) is 64.7 Å². The van der Waals surface area contributed by atoms with Gasteiger partial charge >= 0.3 is 0 Å². The first-order valence-corrected chi connectivity index (χ1v) is 26.0. The Balaban J connectivity index is 0.00000582. The summed E-state index contributed by atoms with van der Waals surface area (Å²) in [6.07, 6.45) is 1.96. The third-order valence-electron chi connectivity index (χ3n) is 15.5. The molecule has 13 rings (SSSR count). The second-order valence-corrected chi connectivity index (χ2v) is 22.3. The normalized spacial score (nSPS) is 13.6. The van der Waals surface area contributed by atoms with E-state index in [1.54, 1.807) is 0 Å². The van der Waals surface area contributed by atoms with E-state index in [1.165, 1.54) is 50.1 Å². The first kappa shape index (κ1) is 48.9. The molecule has 0 radical (unpaired) electrons. The number of pyridine rings is 1. The molecule has 0 unspecified atom stereocenters. The van der Waals surface area contributed by atoms with Crippen LogP contribution in [0.4, 0.5) is 22.7 Å². The molecule has 11 aromatic rings. The second-order valence-electron chi connectivity index (χ2n) is 22.3. The Morgan fingerprint density at radius 2 is 1.07 bits per heavy atom. The molecular formula is C70H57N4OPt-3. The maximum Gasteiger partial charge on any atom is 0.135 e. The van der Waals surface area contributed by atoms with Gasteiger partial charge in [0.05, 0.1) is 0 Å². The van der Waals surface area contributed by atoms with Crippen LogP contribution in [0.1, 0.15) is 76.3 Å². The third-order valence-corrected chi connectivity index (χ3v) is 15.5. The maximum atomic E-state index is 6.85. The summed E-state index contributed by atoms with van der Waals surface area (Å²) >= 11 is 0. The molecule has 0 saturated carbocycles. The minimum atomic E-state index is -0.380. The van der Waals surface area contributed by atoms with Crippen LogP contribution in [0.5, 0.6) is 11.5 Å². The van der Waals surface area contributed by atoms with Gasteiger partial charge in [0.15, 0.2) is 0 Å². The molecule has 376 valence electrons. The molecule has 6 heteroatoms. The molecule has 5 nitrogen and oxygen atoms in total.